The topological polar surface area (TPSA) is 58.6 Å². The van der Waals surface area contributed by atoms with Crippen LogP contribution in [0.1, 0.15) is 11.1 Å². The average Bonchev–Trinajstić information content (AvgIpc) is 2.68. The zero-order chi connectivity index (χ0) is 19.1. The first kappa shape index (κ1) is 18.2. The number of rotatable bonds is 6. The van der Waals surface area contributed by atoms with Gasteiger partial charge in [-0.3, -0.25) is 4.79 Å². The molecule has 3 rings (SSSR count). The molecule has 0 unspecified atom stereocenters. The van der Waals surface area contributed by atoms with E-state index < -0.39 is 0 Å². The molecule has 3 aromatic carbocycles. The second-order valence-corrected chi connectivity index (χ2v) is 5.83. The molecule has 5 heteroatoms. The normalized spacial score (nSPS) is 10.7. The average molecular weight is 363 g/mol. The van der Waals surface area contributed by atoms with Crippen molar-refractivity contribution in [1.82, 2.24) is 0 Å². The molecule has 0 spiro atoms. The smallest absolute Gasteiger partial charge is 0.248 e. The van der Waals surface area contributed by atoms with Crippen LogP contribution in [0.25, 0.3) is 6.08 Å². The molecule has 0 saturated heterocycles. The van der Waals surface area contributed by atoms with Gasteiger partial charge in [-0.25, -0.2) is 4.39 Å². The molecular formula is C22H18FNO3. The summed E-state index contributed by atoms with van der Waals surface area (Å²) in [5.41, 5.74) is 2.16. The molecule has 0 saturated carbocycles. The highest BCUT2D eigenvalue weighted by molar-refractivity contribution is 6.02. The molecule has 4 nitrogen and oxygen atoms in total. The Morgan fingerprint density at radius 3 is 2.44 bits per heavy atom. The third-order valence-electron chi connectivity index (χ3n) is 3.77. The summed E-state index contributed by atoms with van der Waals surface area (Å²) < 4.78 is 18.7. The third-order valence-corrected chi connectivity index (χ3v) is 3.77. The van der Waals surface area contributed by atoms with Crippen molar-refractivity contribution in [3.8, 4) is 11.5 Å². The highest BCUT2D eigenvalue weighted by atomic mass is 19.1. The number of hydrogen-bond acceptors (Lipinski definition) is 3. The lowest BCUT2D eigenvalue weighted by atomic mass is 10.2. The first-order valence-corrected chi connectivity index (χ1v) is 8.34. The Balaban J connectivity index is 1.63. The van der Waals surface area contributed by atoms with E-state index in [1.54, 1.807) is 60.7 Å². The van der Waals surface area contributed by atoms with Gasteiger partial charge in [-0.15, -0.1) is 0 Å². The first-order valence-electron chi connectivity index (χ1n) is 8.34. The summed E-state index contributed by atoms with van der Waals surface area (Å²) in [6.45, 7) is 0.260. The molecule has 0 heterocycles. The number of aromatic hydroxyl groups is 1. The van der Waals surface area contributed by atoms with Crippen LogP contribution < -0.4 is 10.1 Å². The molecule has 0 bridgehead atoms. The number of amides is 1. The quantitative estimate of drug-likeness (QED) is 0.621. The summed E-state index contributed by atoms with van der Waals surface area (Å²) in [5.74, 6) is 0.0878. The lowest BCUT2D eigenvalue weighted by Gasteiger charge is -2.11. The van der Waals surface area contributed by atoms with Crippen molar-refractivity contribution in [1.29, 1.82) is 0 Å². The van der Waals surface area contributed by atoms with E-state index >= 15 is 0 Å². The minimum Gasteiger partial charge on any atom is -0.508 e. The number of carbonyl (C=O) groups is 1. The zero-order valence-electron chi connectivity index (χ0n) is 14.4. The number of ether oxygens (including phenoxy) is 1. The number of anilines is 1. The molecule has 1 amide bonds. The van der Waals surface area contributed by atoms with Gasteiger partial charge in [0.15, 0.2) is 0 Å². The lowest BCUT2D eigenvalue weighted by molar-refractivity contribution is -0.111. The molecule has 0 fully saturated rings. The molecule has 0 atom stereocenters. The second-order valence-electron chi connectivity index (χ2n) is 5.83. The molecular weight excluding hydrogens is 345 g/mol. The Morgan fingerprint density at radius 2 is 1.70 bits per heavy atom. The minimum atomic E-state index is -0.305. The van der Waals surface area contributed by atoms with Crippen LogP contribution in [-0.4, -0.2) is 11.0 Å². The largest absolute Gasteiger partial charge is 0.508 e. The highest BCUT2D eigenvalue weighted by Crippen LogP contribution is 2.25. The maximum atomic E-state index is 13.0. The van der Waals surface area contributed by atoms with Crippen molar-refractivity contribution in [3.05, 3.63) is 95.8 Å². The molecule has 0 aliphatic carbocycles. The van der Waals surface area contributed by atoms with Crippen LogP contribution >= 0.6 is 0 Å². The van der Waals surface area contributed by atoms with E-state index in [1.807, 2.05) is 6.07 Å². The molecule has 2 N–H and O–H groups in total. The summed E-state index contributed by atoms with van der Waals surface area (Å²) in [5, 5.41) is 12.0. The maximum Gasteiger partial charge on any atom is 0.248 e. The van der Waals surface area contributed by atoms with Gasteiger partial charge in [0.25, 0.3) is 0 Å². The zero-order valence-corrected chi connectivity index (χ0v) is 14.4. The Bertz CT molecular complexity index is 935. The fraction of sp³-hybridized carbons (Fsp3) is 0.0455. The molecule has 27 heavy (non-hydrogen) atoms. The number of halogens is 1. The van der Waals surface area contributed by atoms with E-state index in [2.05, 4.69) is 5.32 Å². The Hall–Kier alpha value is -3.60. The number of phenolic OH excluding ortho intramolecular Hbond substituents is 1. The molecule has 136 valence electrons. The van der Waals surface area contributed by atoms with E-state index in [0.29, 0.717) is 11.4 Å². The van der Waals surface area contributed by atoms with Crippen molar-refractivity contribution < 1.29 is 19.0 Å². The van der Waals surface area contributed by atoms with Gasteiger partial charge in [-0.05, 0) is 53.6 Å². The van der Waals surface area contributed by atoms with E-state index in [1.165, 1.54) is 18.2 Å². The standard InChI is InChI=1S/C22H18FNO3/c23-18-10-5-17(6-11-18)15-27-21-4-2-1-3-20(21)24-22(26)14-9-16-7-12-19(25)13-8-16/h1-14,25H,15H2,(H,24,26)/b14-9+. The van der Waals surface area contributed by atoms with E-state index in [0.717, 1.165) is 11.1 Å². The summed E-state index contributed by atoms with van der Waals surface area (Å²) >= 11 is 0. The third kappa shape index (κ3) is 5.44. The van der Waals surface area contributed by atoms with Crippen LogP contribution in [0.5, 0.6) is 11.5 Å². The van der Waals surface area contributed by atoms with Crippen LogP contribution in [0, 0.1) is 5.82 Å². The van der Waals surface area contributed by atoms with Crippen molar-refractivity contribution >= 4 is 17.7 Å². The fourth-order valence-corrected chi connectivity index (χ4v) is 2.37. The number of carbonyl (C=O) groups excluding carboxylic acids is 1. The van der Waals surface area contributed by atoms with Crippen LogP contribution in [0.3, 0.4) is 0 Å². The summed E-state index contributed by atoms with van der Waals surface area (Å²) in [6.07, 6.45) is 3.06. The Morgan fingerprint density at radius 1 is 1.00 bits per heavy atom. The van der Waals surface area contributed by atoms with Gasteiger partial charge in [0.05, 0.1) is 5.69 Å². The SMILES string of the molecule is O=C(/C=C/c1ccc(O)cc1)Nc1ccccc1OCc1ccc(F)cc1. The highest BCUT2D eigenvalue weighted by Gasteiger charge is 2.06. The fourth-order valence-electron chi connectivity index (χ4n) is 2.37. The Kier molecular flexibility index (Phi) is 5.84. The molecule has 0 aliphatic rings. The summed E-state index contributed by atoms with van der Waals surface area (Å²) in [7, 11) is 0. The molecule has 3 aromatic rings. The van der Waals surface area contributed by atoms with Gasteiger partial charge in [0.2, 0.25) is 5.91 Å². The molecule has 0 radical (unpaired) electrons. The van der Waals surface area contributed by atoms with Crippen molar-refractivity contribution in [2.75, 3.05) is 5.32 Å². The number of hydrogen-bond donors (Lipinski definition) is 2. The van der Waals surface area contributed by atoms with Gasteiger partial charge >= 0.3 is 0 Å². The Labute approximate surface area is 156 Å². The summed E-state index contributed by atoms with van der Waals surface area (Å²) in [6, 6.07) is 19.7. The maximum absolute atomic E-state index is 13.0. The van der Waals surface area contributed by atoms with Gasteiger partial charge in [0, 0.05) is 6.08 Å². The number of nitrogens with one attached hydrogen (secondary N) is 1. The van der Waals surface area contributed by atoms with Gasteiger partial charge in [-0.1, -0.05) is 36.4 Å². The van der Waals surface area contributed by atoms with Crippen LogP contribution in [-0.2, 0) is 11.4 Å². The van der Waals surface area contributed by atoms with Crippen molar-refractivity contribution in [2.45, 2.75) is 6.61 Å². The predicted molar refractivity (Wildman–Crippen MR) is 103 cm³/mol. The minimum absolute atomic E-state index is 0.170. The summed E-state index contributed by atoms with van der Waals surface area (Å²) in [4.78, 5) is 12.2. The second kappa shape index (κ2) is 8.67. The van der Waals surface area contributed by atoms with Crippen LogP contribution in [0.4, 0.5) is 10.1 Å². The molecule has 0 aliphatic heterocycles. The predicted octanol–water partition coefficient (Wildman–Crippen LogP) is 4.76. The first-order chi connectivity index (χ1) is 13.1. The van der Waals surface area contributed by atoms with Crippen molar-refractivity contribution in [2.24, 2.45) is 0 Å². The lowest BCUT2D eigenvalue weighted by Crippen LogP contribution is -2.09. The van der Waals surface area contributed by atoms with Gasteiger partial charge in [-0.2, -0.15) is 0 Å². The van der Waals surface area contributed by atoms with Crippen LogP contribution in [0.2, 0.25) is 0 Å². The van der Waals surface area contributed by atoms with Gasteiger partial charge < -0.3 is 15.2 Å². The monoisotopic (exact) mass is 363 g/mol. The van der Waals surface area contributed by atoms with E-state index in [4.69, 9.17) is 4.74 Å². The number of para-hydroxylation sites is 2. The van der Waals surface area contributed by atoms with E-state index in [-0.39, 0.29) is 24.1 Å². The number of benzene rings is 3. The van der Waals surface area contributed by atoms with Gasteiger partial charge in [0.1, 0.15) is 23.9 Å². The van der Waals surface area contributed by atoms with Crippen LogP contribution in [0.15, 0.2) is 78.9 Å². The van der Waals surface area contributed by atoms with Crippen molar-refractivity contribution in [3.63, 3.8) is 0 Å². The molecule has 0 aromatic heterocycles. The van der Waals surface area contributed by atoms with E-state index in [9.17, 15) is 14.3 Å². The number of phenols is 1.